The van der Waals surface area contributed by atoms with Crippen molar-refractivity contribution in [1.82, 2.24) is 15.1 Å². The molecule has 162 valence electrons. The summed E-state index contributed by atoms with van der Waals surface area (Å²) in [5, 5.41) is 10.1. The molecule has 0 bridgehead atoms. The van der Waals surface area contributed by atoms with Crippen LogP contribution in [0.4, 0.5) is 0 Å². The van der Waals surface area contributed by atoms with E-state index in [1.807, 2.05) is 60.3 Å². The highest BCUT2D eigenvalue weighted by Crippen LogP contribution is 2.23. The lowest BCUT2D eigenvalue weighted by Crippen LogP contribution is -2.28. The van der Waals surface area contributed by atoms with Gasteiger partial charge in [0.2, 0.25) is 5.91 Å². The van der Waals surface area contributed by atoms with Gasteiger partial charge in [0, 0.05) is 27.2 Å². The summed E-state index contributed by atoms with van der Waals surface area (Å²) >= 11 is 7.75. The van der Waals surface area contributed by atoms with Crippen LogP contribution in [0, 0.1) is 13.8 Å². The predicted octanol–water partition coefficient (Wildman–Crippen LogP) is 4.70. The zero-order chi connectivity index (χ0) is 22.4. The zero-order valence-electron chi connectivity index (χ0n) is 17.6. The molecule has 1 amide bonds. The Bertz CT molecular complexity index is 1090. The number of benzene rings is 1. The number of hydrogen-bond donors (Lipinski definition) is 1. The first-order valence-corrected chi connectivity index (χ1v) is 11.0. The zero-order valence-corrected chi connectivity index (χ0v) is 19.2. The van der Waals surface area contributed by atoms with Gasteiger partial charge in [0.05, 0.1) is 31.8 Å². The molecule has 0 aliphatic carbocycles. The number of nitrogens with one attached hydrogen (secondary N) is 1. The van der Waals surface area contributed by atoms with Crippen molar-refractivity contribution in [3.8, 4) is 0 Å². The Labute approximate surface area is 190 Å². The van der Waals surface area contributed by atoms with Gasteiger partial charge in [0.1, 0.15) is 0 Å². The lowest BCUT2D eigenvalue weighted by atomic mass is 10.1. The fraction of sp³-hybridized carbons (Fsp3) is 0.261. The van der Waals surface area contributed by atoms with Crippen molar-refractivity contribution in [2.24, 2.45) is 0 Å². The average Bonchev–Trinajstić information content (AvgIpc) is 3.37. The van der Waals surface area contributed by atoms with Crippen LogP contribution in [-0.4, -0.2) is 28.8 Å². The molecule has 1 N–H and O–H groups in total. The van der Waals surface area contributed by atoms with Gasteiger partial charge in [-0.05, 0) is 43.0 Å². The highest BCUT2D eigenvalue weighted by molar-refractivity contribution is 7.10. The first kappa shape index (κ1) is 22.8. The summed E-state index contributed by atoms with van der Waals surface area (Å²) in [4.78, 5) is 25.2. The van der Waals surface area contributed by atoms with E-state index in [0.717, 1.165) is 27.4 Å². The molecule has 0 saturated carbocycles. The van der Waals surface area contributed by atoms with Crippen LogP contribution in [0.3, 0.4) is 0 Å². The third-order valence-electron chi connectivity index (χ3n) is 4.92. The number of rotatable bonds is 8. The second kappa shape index (κ2) is 10.4. The molecule has 0 spiro atoms. The fourth-order valence-electron chi connectivity index (χ4n) is 3.24. The number of halogens is 1. The molecule has 1 unspecified atom stereocenters. The Morgan fingerprint density at radius 3 is 2.71 bits per heavy atom. The van der Waals surface area contributed by atoms with E-state index >= 15 is 0 Å². The van der Waals surface area contributed by atoms with Crippen molar-refractivity contribution in [2.45, 2.75) is 32.9 Å². The molecule has 2 aromatic heterocycles. The molecule has 0 aliphatic heterocycles. The Balaban J connectivity index is 1.73. The molecule has 1 atom stereocenters. The lowest BCUT2D eigenvalue weighted by Gasteiger charge is -2.15. The van der Waals surface area contributed by atoms with Crippen molar-refractivity contribution >= 4 is 40.9 Å². The van der Waals surface area contributed by atoms with Crippen molar-refractivity contribution in [1.29, 1.82) is 0 Å². The third-order valence-corrected chi connectivity index (χ3v) is 6.27. The van der Waals surface area contributed by atoms with Crippen LogP contribution in [-0.2, 0) is 20.9 Å². The van der Waals surface area contributed by atoms with Crippen LogP contribution in [0.5, 0.6) is 0 Å². The van der Waals surface area contributed by atoms with E-state index in [0.29, 0.717) is 11.6 Å². The first-order chi connectivity index (χ1) is 14.9. The second-order valence-electron chi connectivity index (χ2n) is 7.02. The van der Waals surface area contributed by atoms with Gasteiger partial charge in [-0.15, -0.1) is 11.3 Å². The summed E-state index contributed by atoms with van der Waals surface area (Å²) in [6.07, 6.45) is 3.29. The van der Waals surface area contributed by atoms with Gasteiger partial charge in [-0.25, -0.2) is 0 Å². The monoisotopic (exact) mass is 457 g/mol. The molecule has 0 aliphatic rings. The number of carbonyl (C=O) groups is 2. The summed E-state index contributed by atoms with van der Waals surface area (Å²) in [6, 6.07) is 11.0. The number of hydrogen-bond acceptors (Lipinski definition) is 5. The summed E-state index contributed by atoms with van der Waals surface area (Å²) in [6.45, 7) is 4.41. The van der Waals surface area contributed by atoms with Gasteiger partial charge in [0.15, 0.2) is 0 Å². The molecule has 2 heterocycles. The van der Waals surface area contributed by atoms with Crippen LogP contribution in [0.1, 0.15) is 39.9 Å². The molecule has 31 heavy (non-hydrogen) atoms. The largest absolute Gasteiger partial charge is 0.469 e. The molecular formula is C23H24ClN3O3S. The van der Waals surface area contributed by atoms with Crippen LogP contribution in [0.25, 0.3) is 6.08 Å². The molecule has 6 nitrogen and oxygen atoms in total. The van der Waals surface area contributed by atoms with E-state index in [-0.39, 0.29) is 18.3 Å². The van der Waals surface area contributed by atoms with Crippen LogP contribution in [0.15, 0.2) is 47.9 Å². The summed E-state index contributed by atoms with van der Waals surface area (Å²) in [5.74, 6) is -0.671. The molecule has 8 heteroatoms. The van der Waals surface area contributed by atoms with Gasteiger partial charge in [-0.2, -0.15) is 5.10 Å². The highest BCUT2D eigenvalue weighted by atomic mass is 35.5. The number of esters is 1. The maximum atomic E-state index is 12.6. The fourth-order valence-corrected chi connectivity index (χ4v) is 4.21. The van der Waals surface area contributed by atoms with Gasteiger partial charge >= 0.3 is 5.97 Å². The molecule has 0 fully saturated rings. The predicted molar refractivity (Wildman–Crippen MR) is 123 cm³/mol. The van der Waals surface area contributed by atoms with Gasteiger partial charge in [-0.1, -0.05) is 35.9 Å². The van der Waals surface area contributed by atoms with Crippen molar-refractivity contribution in [3.05, 3.63) is 80.3 Å². The van der Waals surface area contributed by atoms with Gasteiger partial charge in [-0.3, -0.25) is 14.3 Å². The normalized spacial score (nSPS) is 12.1. The number of carbonyl (C=O) groups excluding carboxylic acids is 2. The number of methoxy groups -OCH3 is 1. The highest BCUT2D eigenvalue weighted by Gasteiger charge is 2.19. The van der Waals surface area contributed by atoms with Crippen molar-refractivity contribution in [3.63, 3.8) is 0 Å². The molecule has 3 rings (SSSR count). The maximum absolute atomic E-state index is 12.6. The van der Waals surface area contributed by atoms with Crippen LogP contribution < -0.4 is 5.32 Å². The molecule has 3 aromatic rings. The number of aryl methyl sites for hydroxylation is 1. The Kier molecular flexibility index (Phi) is 7.65. The van der Waals surface area contributed by atoms with E-state index in [1.165, 1.54) is 24.5 Å². The lowest BCUT2D eigenvalue weighted by molar-refractivity contribution is -0.141. The summed E-state index contributed by atoms with van der Waals surface area (Å²) in [5.41, 5.74) is 3.61. The topological polar surface area (TPSA) is 73.2 Å². The van der Waals surface area contributed by atoms with Crippen molar-refractivity contribution in [2.75, 3.05) is 7.11 Å². The van der Waals surface area contributed by atoms with Gasteiger partial charge < -0.3 is 10.1 Å². The van der Waals surface area contributed by atoms with Gasteiger partial charge in [0.25, 0.3) is 0 Å². The SMILES string of the molecule is COC(=O)CC(NC(=O)/C=C/c1c(C)nn(Cc2ccccc2Cl)c1C)c1cccs1. The quantitative estimate of drug-likeness (QED) is 0.393. The molecule has 0 radical (unpaired) electrons. The first-order valence-electron chi connectivity index (χ1n) is 9.75. The van der Waals surface area contributed by atoms with E-state index < -0.39 is 6.04 Å². The standard InChI is InChI=1S/C23H24ClN3O3S/c1-15-18(16(2)27(26-15)14-17-7-4-5-8-19(17)24)10-11-22(28)25-20(13-23(29)30-3)21-9-6-12-31-21/h4-12,20H,13-14H2,1-3H3,(H,25,28)/b11-10+. The maximum Gasteiger partial charge on any atom is 0.307 e. The minimum atomic E-state index is -0.435. The van der Waals surface area contributed by atoms with E-state index in [2.05, 4.69) is 10.4 Å². The minimum Gasteiger partial charge on any atom is -0.469 e. The summed E-state index contributed by atoms with van der Waals surface area (Å²) < 4.78 is 6.63. The molecular weight excluding hydrogens is 434 g/mol. The van der Waals surface area contributed by atoms with Crippen LogP contribution >= 0.6 is 22.9 Å². The van der Waals surface area contributed by atoms with Crippen LogP contribution in [0.2, 0.25) is 5.02 Å². The molecule has 1 aromatic carbocycles. The average molecular weight is 458 g/mol. The van der Waals surface area contributed by atoms with Crippen molar-refractivity contribution < 1.29 is 14.3 Å². The Hall–Kier alpha value is -2.90. The van der Waals surface area contributed by atoms with E-state index in [9.17, 15) is 9.59 Å². The number of amides is 1. The number of aromatic nitrogens is 2. The summed E-state index contributed by atoms with van der Waals surface area (Å²) in [7, 11) is 1.33. The number of ether oxygens (including phenoxy) is 1. The Morgan fingerprint density at radius 2 is 2.03 bits per heavy atom. The second-order valence-corrected chi connectivity index (χ2v) is 8.41. The third kappa shape index (κ3) is 5.83. The molecule has 0 saturated heterocycles. The Morgan fingerprint density at radius 1 is 1.26 bits per heavy atom. The van der Waals surface area contributed by atoms with E-state index in [4.69, 9.17) is 16.3 Å². The van der Waals surface area contributed by atoms with E-state index in [1.54, 1.807) is 6.08 Å². The minimum absolute atomic E-state index is 0.0738. The smallest absolute Gasteiger partial charge is 0.307 e. The number of thiophene rings is 1. The number of nitrogens with zero attached hydrogens (tertiary/aromatic N) is 2.